The number of phenols is 1. The first-order valence-corrected chi connectivity index (χ1v) is 9.46. The Kier molecular flexibility index (Phi) is 5.40. The van der Waals surface area contributed by atoms with E-state index in [1.807, 2.05) is 0 Å². The summed E-state index contributed by atoms with van der Waals surface area (Å²) in [5.41, 5.74) is 0.354. The smallest absolute Gasteiger partial charge is 0.342 e. The quantitative estimate of drug-likeness (QED) is 0.596. The molecule has 0 atom stereocenters. The number of hydrogen-bond donors (Lipinski definition) is 1. The minimum atomic E-state index is -0.899. The van der Waals surface area contributed by atoms with Crippen LogP contribution in [0, 0.1) is 0 Å². The van der Waals surface area contributed by atoms with Crippen molar-refractivity contribution in [2.45, 2.75) is 0 Å². The van der Waals surface area contributed by atoms with Crippen LogP contribution in [-0.4, -0.2) is 52.3 Å². The molecule has 32 heavy (non-hydrogen) atoms. The zero-order chi connectivity index (χ0) is 23.0. The summed E-state index contributed by atoms with van der Waals surface area (Å²) in [6, 6.07) is 8.20. The Morgan fingerprint density at radius 1 is 0.812 bits per heavy atom. The summed E-state index contributed by atoms with van der Waals surface area (Å²) in [4.78, 5) is 25.6. The molecular formula is C23H20O9. The summed E-state index contributed by atoms with van der Waals surface area (Å²) >= 11 is 0. The van der Waals surface area contributed by atoms with Crippen molar-refractivity contribution in [2.75, 3.05) is 35.2 Å². The van der Waals surface area contributed by atoms with Gasteiger partial charge in [-0.1, -0.05) is 6.07 Å². The van der Waals surface area contributed by atoms with Crippen LogP contribution in [0.1, 0.15) is 20.7 Å². The second kappa shape index (κ2) is 8.18. The van der Waals surface area contributed by atoms with Gasteiger partial charge in [-0.15, -0.1) is 0 Å². The highest BCUT2D eigenvalue weighted by Gasteiger charge is 2.32. The molecule has 1 N–H and O–H groups in total. The maximum absolute atomic E-state index is 12.9. The highest BCUT2D eigenvalue weighted by molar-refractivity contribution is 6.18. The molecule has 0 amide bonds. The molecule has 0 saturated carbocycles. The van der Waals surface area contributed by atoms with Gasteiger partial charge in [-0.3, -0.25) is 0 Å². The van der Waals surface area contributed by atoms with Gasteiger partial charge in [0, 0.05) is 10.9 Å². The molecule has 9 nitrogen and oxygen atoms in total. The number of rotatable bonds is 5. The number of esters is 2. The molecule has 0 saturated heterocycles. The van der Waals surface area contributed by atoms with Gasteiger partial charge in [-0.25, -0.2) is 9.59 Å². The molecule has 3 aromatic rings. The number of carbonyl (C=O) groups excluding carboxylic acids is 2. The summed E-state index contributed by atoms with van der Waals surface area (Å²) in [6.07, 6.45) is 0. The van der Waals surface area contributed by atoms with E-state index >= 15 is 0 Å². The predicted octanol–water partition coefficient (Wildman–Crippen LogP) is 3.53. The molecular weight excluding hydrogens is 420 g/mol. The number of methoxy groups -OCH3 is 4. The SMILES string of the molecule is COC(=O)c1c(C(=O)OC)c(-c2ccc(OC)c(OC)c2)c2cc3c(cc2c1O)OCO3. The Balaban J connectivity index is 2.19. The van der Waals surface area contributed by atoms with Gasteiger partial charge in [-0.05, 0) is 35.2 Å². The van der Waals surface area contributed by atoms with Gasteiger partial charge in [-0.2, -0.15) is 0 Å². The summed E-state index contributed by atoms with van der Waals surface area (Å²) in [5, 5.41) is 11.7. The average Bonchev–Trinajstić information content (AvgIpc) is 3.29. The van der Waals surface area contributed by atoms with Crippen LogP contribution in [0.3, 0.4) is 0 Å². The first-order chi connectivity index (χ1) is 15.4. The van der Waals surface area contributed by atoms with E-state index < -0.39 is 17.7 Å². The van der Waals surface area contributed by atoms with E-state index in [0.29, 0.717) is 39.5 Å². The molecule has 1 heterocycles. The van der Waals surface area contributed by atoms with Gasteiger partial charge in [0.25, 0.3) is 0 Å². The molecule has 0 unspecified atom stereocenters. The van der Waals surface area contributed by atoms with Crippen LogP contribution >= 0.6 is 0 Å². The van der Waals surface area contributed by atoms with Crippen molar-refractivity contribution in [3.8, 4) is 39.9 Å². The fourth-order valence-electron chi connectivity index (χ4n) is 3.76. The third-order valence-electron chi connectivity index (χ3n) is 5.23. The minimum absolute atomic E-state index is 0.00578. The van der Waals surface area contributed by atoms with E-state index in [0.717, 1.165) is 7.11 Å². The van der Waals surface area contributed by atoms with E-state index in [-0.39, 0.29) is 23.3 Å². The van der Waals surface area contributed by atoms with E-state index in [2.05, 4.69) is 0 Å². The molecule has 0 aromatic heterocycles. The lowest BCUT2D eigenvalue weighted by molar-refractivity contribution is 0.0553. The largest absolute Gasteiger partial charge is 0.506 e. The molecule has 1 aliphatic heterocycles. The Morgan fingerprint density at radius 3 is 2.00 bits per heavy atom. The molecule has 0 bridgehead atoms. The summed E-state index contributed by atoms with van der Waals surface area (Å²) < 4.78 is 31.4. The number of phenolic OH excluding ortho intramolecular Hbond substituents is 1. The first kappa shape index (κ1) is 21.1. The summed E-state index contributed by atoms with van der Waals surface area (Å²) in [6.45, 7) is 0.00578. The number of benzene rings is 3. The predicted molar refractivity (Wildman–Crippen MR) is 113 cm³/mol. The second-order valence-electron chi connectivity index (χ2n) is 6.78. The van der Waals surface area contributed by atoms with Crippen LogP contribution in [0.2, 0.25) is 0 Å². The number of fused-ring (bicyclic) bond motifs is 2. The van der Waals surface area contributed by atoms with Crippen molar-refractivity contribution in [3.63, 3.8) is 0 Å². The zero-order valence-corrected chi connectivity index (χ0v) is 17.8. The lowest BCUT2D eigenvalue weighted by Gasteiger charge is -2.19. The van der Waals surface area contributed by atoms with Crippen LogP contribution in [0.15, 0.2) is 30.3 Å². The molecule has 3 aromatic carbocycles. The van der Waals surface area contributed by atoms with Gasteiger partial charge < -0.3 is 33.5 Å². The van der Waals surface area contributed by atoms with Crippen LogP contribution in [0.4, 0.5) is 0 Å². The fraction of sp³-hybridized carbons (Fsp3) is 0.217. The van der Waals surface area contributed by atoms with E-state index in [1.165, 1.54) is 21.3 Å². The third-order valence-corrected chi connectivity index (χ3v) is 5.23. The maximum Gasteiger partial charge on any atom is 0.342 e. The van der Waals surface area contributed by atoms with Crippen molar-refractivity contribution in [1.29, 1.82) is 0 Å². The molecule has 0 radical (unpaired) electrons. The molecule has 166 valence electrons. The number of carbonyl (C=O) groups is 2. The maximum atomic E-state index is 12.9. The van der Waals surface area contributed by atoms with Gasteiger partial charge >= 0.3 is 11.9 Å². The van der Waals surface area contributed by atoms with Gasteiger partial charge in [0.1, 0.15) is 11.3 Å². The van der Waals surface area contributed by atoms with E-state index in [9.17, 15) is 14.7 Å². The molecule has 0 spiro atoms. The summed E-state index contributed by atoms with van der Waals surface area (Å²) in [5.74, 6) is -0.454. The van der Waals surface area contributed by atoms with Gasteiger partial charge in [0.15, 0.2) is 23.0 Å². The number of ether oxygens (including phenoxy) is 6. The second-order valence-corrected chi connectivity index (χ2v) is 6.78. The van der Waals surface area contributed by atoms with Crippen molar-refractivity contribution in [3.05, 3.63) is 41.5 Å². The Bertz CT molecular complexity index is 1250. The van der Waals surface area contributed by atoms with Crippen LogP contribution in [0.25, 0.3) is 21.9 Å². The fourth-order valence-corrected chi connectivity index (χ4v) is 3.76. The topological polar surface area (TPSA) is 110 Å². The highest BCUT2D eigenvalue weighted by atomic mass is 16.7. The average molecular weight is 440 g/mol. The standard InChI is InChI=1S/C23H20O9/c1-27-14-6-5-11(7-15(14)28-2)18-12-8-16-17(32-10-31-16)9-13(12)21(24)20(23(26)30-4)19(18)22(25)29-3/h5-9,24H,10H2,1-4H3. The van der Waals surface area contributed by atoms with E-state index in [4.69, 9.17) is 28.4 Å². The molecule has 9 heteroatoms. The zero-order valence-electron chi connectivity index (χ0n) is 17.8. The Morgan fingerprint density at radius 2 is 1.41 bits per heavy atom. The van der Waals surface area contributed by atoms with Crippen molar-refractivity contribution in [2.24, 2.45) is 0 Å². The van der Waals surface area contributed by atoms with Crippen LogP contribution in [-0.2, 0) is 9.47 Å². The van der Waals surface area contributed by atoms with E-state index in [1.54, 1.807) is 30.3 Å². The van der Waals surface area contributed by atoms with Gasteiger partial charge in [0.05, 0.1) is 34.0 Å². The molecule has 1 aliphatic rings. The van der Waals surface area contributed by atoms with Crippen molar-refractivity contribution in [1.82, 2.24) is 0 Å². The van der Waals surface area contributed by atoms with Gasteiger partial charge in [0.2, 0.25) is 6.79 Å². The Hall–Kier alpha value is -4.14. The first-order valence-electron chi connectivity index (χ1n) is 9.46. The summed E-state index contributed by atoms with van der Waals surface area (Å²) in [7, 11) is 5.32. The number of hydrogen-bond acceptors (Lipinski definition) is 9. The number of aromatic hydroxyl groups is 1. The third kappa shape index (κ3) is 3.18. The Labute approximate surface area is 183 Å². The highest BCUT2D eigenvalue weighted by Crippen LogP contribution is 2.47. The van der Waals surface area contributed by atoms with Crippen molar-refractivity contribution < 1.29 is 43.1 Å². The molecule has 4 rings (SSSR count). The van der Waals surface area contributed by atoms with Crippen molar-refractivity contribution >= 4 is 22.7 Å². The van der Waals surface area contributed by atoms with Crippen LogP contribution in [0.5, 0.6) is 28.7 Å². The normalized spacial score (nSPS) is 11.9. The molecule has 0 fully saturated rings. The van der Waals surface area contributed by atoms with Crippen LogP contribution < -0.4 is 18.9 Å². The molecule has 0 aliphatic carbocycles. The monoisotopic (exact) mass is 440 g/mol. The lowest BCUT2D eigenvalue weighted by atomic mass is 9.88. The lowest BCUT2D eigenvalue weighted by Crippen LogP contribution is -2.14. The minimum Gasteiger partial charge on any atom is -0.506 e.